The van der Waals surface area contributed by atoms with E-state index in [1.807, 2.05) is 24.3 Å². The Morgan fingerprint density at radius 1 is 1.40 bits per heavy atom. The molecule has 1 saturated carbocycles. The van der Waals surface area contributed by atoms with Crippen molar-refractivity contribution in [1.29, 1.82) is 0 Å². The lowest BCUT2D eigenvalue weighted by Crippen LogP contribution is -2.13. The van der Waals surface area contributed by atoms with Crippen LogP contribution in [0, 0.1) is 5.92 Å². The molecule has 20 heavy (non-hydrogen) atoms. The van der Waals surface area contributed by atoms with E-state index in [0.717, 1.165) is 29.1 Å². The lowest BCUT2D eigenvalue weighted by molar-refractivity contribution is -0.117. The van der Waals surface area contributed by atoms with E-state index < -0.39 is 0 Å². The molecule has 0 saturated heterocycles. The molecule has 0 atom stereocenters. The van der Waals surface area contributed by atoms with Gasteiger partial charge in [0.05, 0.1) is 6.54 Å². The second-order valence-corrected chi connectivity index (χ2v) is 6.47. The van der Waals surface area contributed by atoms with E-state index in [4.69, 9.17) is 11.6 Å². The van der Waals surface area contributed by atoms with Gasteiger partial charge in [-0.15, -0.1) is 11.3 Å². The van der Waals surface area contributed by atoms with Crippen LogP contribution in [-0.4, -0.2) is 10.9 Å². The standard InChI is InChI=1S/C14H14ClN3OS/c15-14-17-8-12(20-14)7-16-10-2-1-3-11(6-10)18-13(19)9-4-5-9/h1-3,6,8-9,16H,4-5,7H2,(H,18,19). The summed E-state index contributed by atoms with van der Waals surface area (Å²) in [6.45, 7) is 0.671. The maximum absolute atomic E-state index is 11.7. The van der Waals surface area contributed by atoms with Gasteiger partial charge < -0.3 is 10.6 Å². The highest BCUT2D eigenvalue weighted by Crippen LogP contribution is 2.30. The van der Waals surface area contributed by atoms with Crippen molar-refractivity contribution < 1.29 is 4.79 Å². The van der Waals surface area contributed by atoms with Crippen LogP contribution in [0.5, 0.6) is 0 Å². The molecule has 2 N–H and O–H groups in total. The summed E-state index contributed by atoms with van der Waals surface area (Å²) in [5, 5.41) is 6.23. The quantitative estimate of drug-likeness (QED) is 0.884. The molecule has 2 aromatic rings. The first-order valence-corrected chi connectivity index (χ1v) is 7.65. The van der Waals surface area contributed by atoms with Crippen molar-refractivity contribution in [3.63, 3.8) is 0 Å². The Kier molecular flexibility index (Phi) is 3.89. The largest absolute Gasteiger partial charge is 0.380 e. The van der Waals surface area contributed by atoms with E-state index in [9.17, 15) is 4.79 Å². The molecule has 3 rings (SSSR count). The third-order valence-electron chi connectivity index (χ3n) is 3.07. The molecule has 6 heteroatoms. The molecule has 0 unspecified atom stereocenters. The Hall–Kier alpha value is -1.59. The number of nitrogens with zero attached hydrogens (tertiary/aromatic N) is 1. The van der Waals surface area contributed by atoms with Gasteiger partial charge in [0.2, 0.25) is 5.91 Å². The molecule has 0 radical (unpaired) electrons. The fourth-order valence-electron chi connectivity index (χ4n) is 1.85. The zero-order valence-electron chi connectivity index (χ0n) is 10.7. The molecule has 0 bridgehead atoms. The van der Waals surface area contributed by atoms with E-state index >= 15 is 0 Å². The molecule has 0 aliphatic heterocycles. The highest BCUT2D eigenvalue weighted by atomic mass is 35.5. The highest BCUT2D eigenvalue weighted by Gasteiger charge is 2.29. The van der Waals surface area contributed by atoms with Crippen LogP contribution in [0.2, 0.25) is 4.47 Å². The first kappa shape index (κ1) is 13.4. The third kappa shape index (κ3) is 3.49. The van der Waals surface area contributed by atoms with Crippen molar-refractivity contribution >= 4 is 40.2 Å². The Morgan fingerprint density at radius 2 is 2.20 bits per heavy atom. The van der Waals surface area contributed by atoms with Gasteiger partial charge in [0.25, 0.3) is 0 Å². The molecule has 1 aliphatic carbocycles. The summed E-state index contributed by atoms with van der Waals surface area (Å²) in [5.74, 6) is 0.335. The van der Waals surface area contributed by atoms with Gasteiger partial charge in [-0.25, -0.2) is 4.98 Å². The van der Waals surface area contributed by atoms with Gasteiger partial charge in [0.1, 0.15) is 0 Å². The molecular weight excluding hydrogens is 294 g/mol. The molecule has 1 fully saturated rings. The molecule has 1 amide bonds. The number of rotatable bonds is 5. The summed E-state index contributed by atoms with van der Waals surface area (Å²) in [7, 11) is 0. The van der Waals surface area contributed by atoms with Crippen LogP contribution >= 0.6 is 22.9 Å². The lowest BCUT2D eigenvalue weighted by atomic mass is 10.2. The van der Waals surface area contributed by atoms with Crippen molar-refractivity contribution in [1.82, 2.24) is 4.98 Å². The van der Waals surface area contributed by atoms with Crippen LogP contribution in [0.4, 0.5) is 11.4 Å². The Labute approximate surface area is 126 Å². The van der Waals surface area contributed by atoms with Crippen LogP contribution in [0.25, 0.3) is 0 Å². The molecule has 1 aliphatic rings. The topological polar surface area (TPSA) is 54.0 Å². The van der Waals surface area contributed by atoms with E-state index in [-0.39, 0.29) is 11.8 Å². The summed E-state index contributed by atoms with van der Waals surface area (Å²) in [4.78, 5) is 16.8. The molecule has 1 aromatic heterocycles. The second-order valence-electron chi connectivity index (χ2n) is 4.78. The number of anilines is 2. The second kappa shape index (κ2) is 5.81. The Morgan fingerprint density at radius 3 is 2.90 bits per heavy atom. The van der Waals surface area contributed by atoms with Gasteiger partial charge in [-0.1, -0.05) is 17.7 Å². The number of nitrogens with one attached hydrogen (secondary N) is 2. The molecule has 104 valence electrons. The van der Waals surface area contributed by atoms with Crippen molar-refractivity contribution in [3.8, 4) is 0 Å². The number of carbonyl (C=O) groups is 1. The number of hydrogen-bond donors (Lipinski definition) is 2. The number of amides is 1. The fourth-order valence-corrected chi connectivity index (χ4v) is 2.77. The summed E-state index contributed by atoms with van der Waals surface area (Å²) < 4.78 is 0.548. The van der Waals surface area contributed by atoms with Crippen LogP contribution in [0.1, 0.15) is 17.7 Å². The maximum atomic E-state index is 11.7. The van der Waals surface area contributed by atoms with Crippen molar-refractivity contribution in [2.75, 3.05) is 10.6 Å². The predicted octanol–water partition coefficient (Wildman–Crippen LogP) is 3.76. The number of hydrogen-bond acceptors (Lipinski definition) is 4. The molecule has 0 spiro atoms. The smallest absolute Gasteiger partial charge is 0.227 e. The minimum absolute atomic E-state index is 0.122. The van der Waals surface area contributed by atoms with Gasteiger partial charge >= 0.3 is 0 Å². The minimum atomic E-state index is 0.122. The number of aromatic nitrogens is 1. The molecule has 1 aromatic carbocycles. The maximum Gasteiger partial charge on any atom is 0.227 e. The zero-order valence-corrected chi connectivity index (χ0v) is 12.3. The first-order valence-electron chi connectivity index (χ1n) is 6.46. The Balaban J connectivity index is 1.60. The van der Waals surface area contributed by atoms with Crippen LogP contribution in [0.15, 0.2) is 30.5 Å². The zero-order chi connectivity index (χ0) is 13.9. The monoisotopic (exact) mass is 307 g/mol. The summed E-state index contributed by atoms with van der Waals surface area (Å²) in [5.41, 5.74) is 1.79. The van der Waals surface area contributed by atoms with Crippen molar-refractivity contribution in [2.24, 2.45) is 5.92 Å². The van der Waals surface area contributed by atoms with Gasteiger partial charge in [0, 0.05) is 28.4 Å². The van der Waals surface area contributed by atoms with E-state index in [1.165, 1.54) is 11.3 Å². The van der Waals surface area contributed by atoms with Gasteiger partial charge in [-0.05, 0) is 31.0 Å². The lowest BCUT2D eigenvalue weighted by Gasteiger charge is -2.08. The first-order chi connectivity index (χ1) is 9.70. The van der Waals surface area contributed by atoms with E-state index in [2.05, 4.69) is 15.6 Å². The Bertz CT molecular complexity index is 624. The summed E-state index contributed by atoms with van der Waals surface area (Å²) >= 11 is 7.25. The molecule has 4 nitrogen and oxygen atoms in total. The number of carbonyl (C=O) groups excluding carboxylic acids is 1. The van der Waals surface area contributed by atoms with Gasteiger partial charge in [0.15, 0.2) is 4.47 Å². The third-order valence-corrected chi connectivity index (χ3v) is 4.19. The fraction of sp³-hybridized carbons (Fsp3) is 0.286. The number of halogens is 1. The summed E-state index contributed by atoms with van der Waals surface area (Å²) in [6.07, 6.45) is 3.78. The molecule has 1 heterocycles. The predicted molar refractivity (Wildman–Crippen MR) is 82.2 cm³/mol. The van der Waals surface area contributed by atoms with Crippen molar-refractivity contribution in [3.05, 3.63) is 39.8 Å². The average molecular weight is 308 g/mol. The number of benzene rings is 1. The van der Waals surface area contributed by atoms with Gasteiger partial charge in [-0.3, -0.25) is 4.79 Å². The van der Waals surface area contributed by atoms with E-state index in [0.29, 0.717) is 11.0 Å². The van der Waals surface area contributed by atoms with Crippen LogP contribution < -0.4 is 10.6 Å². The average Bonchev–Trinajstić information content (AvgIpc) is 3.20. The van der Waals surface area contributed by atoms with Crippen molar-refractivity contribution in [2.45, 2.75) is 19.4 Å². The molecular formula is C14H14ClN3OS. The van der Waals surface area contributed by atoms with E-state index in [1.54, 1.807) is 6.20 Å². The minimum Gasteiger partial charge on any atom is -0.380 e. The SMILES string of the molecule is O=C(Nc1cccc(NCc2cnc(Cl)s2)c1)C1CC1. The normalized spacial score (nSPS) is 14.1. The highest BCUT2D eigenvalue weighted by molar-refractivity contribution is 7.15. The van der Waals surface area contributed by atoms with Crippen LogP contribution in [-0.2, 0) is 11.3 Å². The summed E-state index contributed by atoms with van der Waals surface area (Å²) in [6, 6.07) is 7.72. The number of thiazole rings is 1. The van der Waals surface area contributed by atoms with Gasteiger partial charge in [-0.2, -0.15) is 0 Å². The van der Waals surface area contributed by atoms with Crippen LogP contribution in [0.3, 0.4) is 0 Å².